The van der Waals surface area contributed by atoms with Crippen molar-refractivity contribution in [2.45, 2.75) is 83.7 Å². The first kappa shape index (κ1) is 22.0. The molecule has 0 atom stereocenters. The Kier molecular flexibility index (Phi) is 6.77. The number of likely N-dealkylation sites (tertiary alicyclic amines) is 1. The fourth-order valence-electron chi connectivity index (χ4n) is 2.14. The first-order valence-electron chi connectivity index (χ1n) is 9.00. The summed E-state index contributed by atoms with van der Waals surface area (Å²) in [4.78, 5) is 13.7. The first-order valence-corrected chi connectivity index (χ1v) is 11.9. The van der Waals surface area contributed by atoms with Crippen LogP contribution in [0.5, 0.6) is 0 Å². The lowest BCUT2D eigenvalue weighted by Crippen LogP contribution is -2.47. The molecule has 1 aliphatic rings. The summed E-state index contributed by atoms with van der Waals surface area (Å²) in [5.41, 5.74) is -1.55. The second kappa shape index (κ2) is 7.69. The molecule has 1 fully saturated rings. The highest BCUT2D eigenvalue weighted by molar-refractivity contribution is 6.74. The van der Waals surface area contributed by atoms with Crippen LogP contribution < -0.4 is 0 Å². The van der Waals surface area contributed by atoms with E-state index in [9.17, 15) is 9.90 Å². The van der Waals surface area contributed by atoms with Gasteiger partial charge >= 0.3 is 6.09 Å². The van der Waals surface area contributed by atoms with Crippen LogP contribution in [0.1, 0.15) is 54.4 Å². The van der Waals surface area contributed by atoms with Gasteiger partial charge in [-0.3, -0.25) is 0 Å². The summed E-state index contributed by atoms with van der Waals surface area (Å²) >= 11 is 0. The molecule has 1 heterocycles. The van der Waals surface area contributed by atoms with Gasteiger partial charge in [-0.2, -0.15) is 0 Å². The Labute approximate surface area is 154 Å². The van der Waals surface area contributed by atoms with E-state index in [1.165, 1.54) is 0 Å². The smallest absolute Gasteiger partial charge is 0.410 e. The van der Waals surface area contributed by atoms with Crippen molar-refractivity contribution in [2.24, 2.45) is 0 Å². The van der Waals surface area contributed by atoms with Crippen molar-refractivity contribution in [2.75, 3.05) is 19.7 Å². The first-order chi connectivity index (χ1) is 11.2. The van der Waals surface area contributed by atoms with Crippen LogP contribution in [0.15, 0.2) is 0 Å². The molecule has 0 bridgehead atoms. The van der Waals surface area contributed by atoms with Gasteiger partial charge in [0.1, 0.15) is 11.2 Å². The highest BCUT2D eigenvalue weighted by Crippen LogP contribution is 2.36. The van der Waals surface area contributed by atoms with Crippen molar-refractivity contribution < 1.29 is 19.1 Å². The van der Waals surface area contributed by atoms with Crippen LogP contribution in [0.2, 0.25) is 18.1 Å². The number of aliphatic hydroxyl groups is 1. The summed E-state index contributed by atoms with van der Waals surface area (Å²) in [7, 11) is -1.82. The monoisotopic (exact) mass is 369 g/mol. The average molecular weight is 370 g/mol. The van der Waals surface area contributed by atoms with Gasteiger partial charge < -0.3 is 19.2 Å². The highest BCUT2D eigenvalue weighted by Gasteiger charge is 2.37. The molecule has 1 amide bonds. The van der Waals surface area contributed by atoms with E-state index in [1.807, 2.05) is 20.8 Å². The molecule has 1 aliphatic heterocycles. The van der Waals surface area contributed by atoms with Gasteiger partial charge in [0.25, 0.3) is 0 Å². The lowest BCUT2D eigenvalue weighted by molar-refractivity contribution is -0.00520. The maximum absolute atomic E-state index is 12.1. The molecule has 1 rings (SSSR count). The number of rotatable bonds is 2. The Morgan fingerprint density at radius 3 is 2.12 bits per heavy atom. The van der Waals surface area contributed by atoms with Crippen LogP contribution in [0, 0.1) is 11.8 Å². The molecule has 1 N–H and O–H groups in total. The van der Waals surface area contributed by atoms with Gasteiger partial charge in [-0.1, -0.05) is 32.6 Å². The van der Waals surface area contributed by atoms with Crippen LogP contribution in [0.3, 0.4) is 0 Å². The summed E-state index contributed by atoms with van der Waals surface area (Å²) in [5.74, 6) is 5.94. The maximum Gasteiger partial charge on any atom is 0.410 e. The zero-order valence-corrected chi connectivity index (χ0v) is 18.2. The Hall–Kier alpha value is -1.03. The number of hydrogen-bond acceptors (Lipinski definition) is 4. The van der Waals surface area contributed by atoms with Crippen molar-refractivity contribution in [1.29, 1.82) is 0 Å². The Balaban J connectivity index is 2.52. The summed E-state index contributed by atoms with van der Waals surface area (Å²) in [5, 5.41) is 10.7. The minimum atomic E-state index is -1.82. The number of nitrogens with zero attached hydrogens (tertiary/aromatic N) is 1. The highest BCUT2D eigenvalue weighted by atomic mass is 28.4. The second-order valence-corrected chi connectivity index (χ2v) is 14.2. The molecule has 0 spiro atoms. The summed E-state index contributed by atoms with van der Waals surface area (Å²) in [6, 6.07) is 0. The van der Waals surface area contributed by atoms with E-state index in [4.69, 9.17) is 9.16 Å². The molecular formula is C19H35NO4Si. The van der Waals surface area contributed by atoms with Crippen molar-refractivity contribution in [3.8, 4) is 11.8 Å². The van der Waals surface area contributed by atoms with E-state index < -0.39 is 19.5 Å². The average Bonchev–Trinajstić information content (AvgIpc) is 2.41. The van der Waals surface area contributed by atoms with E-state index >= 15 is 0 Å². The lowest BCUT2D eigenvalue weighted by Gasteiger charge is -2.36. The van der Waals surface area contributed by atoms with Gasteiger partial charge in [-0.05, 0) is 38.9 Å². The molecule has 144 valence electrons. The van der Waals surface area contributed by atoms with Gasteiger partial charge in [0, 0.05) is 25.9 Å². The quantitative estimate of drug-likeness (QED) is 0.594. The number of carbonyl (C=O) groups excluding carboxylic acids is 1. The summed E-state index contributed by atoms with van der Waals surface area (Å²) in [6.45, 7) is 17.7. The van der Waals surface area contributed by atoms with Gasteiger partial charge in [-0.25, -0.2) is 4.79 Å². The number of carbonyl (C=O) groups is 1. The Morgan fingerprint density at radius 1 is 1.16 bits per heavy atom. The largest absolute Gasteiger partial charge is 0.444 e. The molecule has 0 radical (unpaired) electrons. The van der Waals surface area contributed by atoms with Gasteiger partial charge in [-0.15, -0.1) is 0 Å². The molecule has 25 heavy (non-hydrogen) atoms. The maximum atomic E-state index is 12.1. The third kappa shape index (κ3) is 7.00. The third-order valence-electron chi connectivity index (χ3n) is 4.87. The van der Waals surface area contributed by atoms with Crippen LogP contribution in [-0.4, -0.2) is 55.3 Å². The molecule has 0 unspecified atom stereocenters. The van der Waals surface area contributed by atoms with E-state index in [1.54, 1.807) is 4.90 Å². The number of piperidine rings is 1. The van der Waals surface area contributed by atoms with Crippen molar-refractivity contribution >= 4 is 14.4 Å². The number of ether oxygens (including phenoxy) is 1. The summed E-state index contributed by atoms with van der Waals surface area (Å²) < 4.78 is 11.4. The topological polar surface area (TPSA) is 59.0 Å². The van der Waals surface area contributed by atoms with Gasteiger partial charge in [0.05, 0.1) is 6.61 Å². The van der Waals surface area contributed by atoms with Crippen molar-refractivity contribution in [3.05, 3.63) is 0 Å². The van der Waals surface area contributed by atoms with E-state index in [0.717, 1.165) is 0 Å². The molecule has 1 saturated heterocycles. The number of hydrogen-bond donors (Lipinski definition) is 1. The molecule has 0 aromatic heterocycles. The molecular weight excluding hydrogens is 334 g/mol. The molecule has 6 heteroatoms. The van der Waals surface area contributed by atoms with Crippen molar-refractivity contribution in [3.63, 3.8) is 0 Å². The predicted molar refractivity (Wildman–Crippen MR) is 103 cm³/mol. The molecule has 0 aliphatic carbocycles. The SMILES string of the molecule is CC(C)(C)OC(=O)N1CCC(O)(C#CCO[Si](C)(C)C(C)(C)C)CC1. The van der Waals surface area contributed by atoms with E-state index in [-0.39, 0.29) is 11.1 Å². The van der Waals surface area contributed by atoms with Gasteiger partial charge in [0.2, 0.25) is 0 Å². The van der Waals surface area contributed by atoms with Crippen molar-refractivity contribution in [1.82, 2.24) is 4.90 Å². The number of amides is 1. The van der Waals surface area contributed by atoms with Gasteiger partial charge in [0.15, 0.2) is 8.32 Å². The fraction of sp³-hybridized carbons (Fsp3) is 0.842. The standard InChI is InChI=1S/C19H35NO4Si/c1-17(2,3)24-16(21)20-13-11-19(22,12-14-20)10-9-15-23-25(7,8)18(4,5)6/h22H,11-15H2,1-8H3. The van der Waals surface area contributed by atoms with E-state index in [2.05, 4.69) is 45.7 Å². The normalized spacial score (nSPS) is 18.4. The molecule has 0 saturated carbocycles. The minimum Gasteiger partial charge on any atom is -0.444 e. The second-order valence-electron chi connectivity index (χ2n) is 9.35. The fourth-order valence-corrected chi connectivity index (χ4v) is 3.01. The van der Waals surface area contributed by atoms with Crippen LogP contribution in [-0.2, 0) is 9.16 Å². The Morgan fingerprint density at radius 2 is 1.68 bits per heavy atom. The van der Waals surface area contributed by atoms with Crippen LogP contribution >= 0.6 is 0 Å². The third-order valence-corrected chi connectivity index (χ3v) is 9.35. The van der Waals surface area contributed by atoms with E-state index in [0.29, 0.717) is 32.5 Å². The molecule has 5 nitrogen and oxygen atoms in total. The zero-order valence-electron chi connectivity index (χ0n) is 17.2. The zero-order chi connectivity index (χ0) is 19.5. The predicted octanol–water partition coefficient (Wildman–Crippen LogP) is 3.77. The molecule has 0 aromatic carbocycles. The molecule has 0 aromatic rings. The Bertz CT molecular complexity index is 526. The minimum absolute atomic E-state index is 0.143. The summed E-state index contributed by atoms with van der Waals surface area (Å²) in [6.07, 6.45) is 0.530. The van der Waals surface area contributed by atoms with Crippen LogP contribution in [0.25, 0.3) is 0 Å². The van der Waals surface area contributed by atoms with Crippen LogP contribution in [0.4, 0.5) is 4.79 Å². The lowest BCUT2D eigenvalue weighted by atomic mass is 9.92.